The van der Waals surface area contributed by atoms with Crippen molar-refractivity contribution < 1.29 is 19.4 Å². The van der Waals surface area contributed by atoms with E-state index in [0.29, 0.717) is 13.1 Å². The van der Waals surface area contributed by atoms with Crippen LogP contribution in [0.25, 0.3) is 0 Å². The van der Waals surface area contributed by atoms with Crippen LogP contribution in [-0.4, -0.2) is 41.3 Å². The van der Waals surface area contributed by atoms with Gasteiger partial charge in [-0.15, -0.1) is 0 Å². The van der Waals surface area contributed by atoms with E-state index < -0.39 is 12.2 Å². The van der Waals surface area contributed by atoms with Gasteiger partial charge in [0.1, 0.15) is 6.61 Å². The van der Waals surface area contributed by atoms with Crippen LogP contribution in [0, 0.1) is 0 Å². The molecule has 1 aliphatic rings. The minimum atomic E-state index is -0.931. The molecular weight excluding hydrogens is 272 g/mol. The molecule has 1 atom stereocenters. The van der Waals surface area contributed by atoms with Crippen LogP contribution in [0.2, 0.25) is 0 Å². The van der Waals surface area contributed by atoms with Gasteiger partial charge in [0.15, 0.2) is 0 Å². The van der Waals surface area contributed by atoms with Crippen LogP contribution in [0.3, 0.4) is 0 Å². The van der Waals surface area contributed by atoms with Gasteiger partial charge < -0.3 is 20.1 Å². The van der Waals surface area contributed by atoms with E-state index in [2.05, 4.69) is 5.32 Å². The fourth-order valence-electron chi connectivity index (χ4n) is 2.44. The minimum absolute atomic E-state index is 0.166. The lowest BCUT2D eigenvalue weighted by Crippen LogP contribution is -2.48. The highest BCUT2D eigenvalue weighted by molar-refractivity contribution is 5.68. The van der Waals surface area contributed by atoms with Crippen molar-refractivity contribution in [1.29, 1.82) is 0 Å². The minimum Gasteiger partial charge on any atom is -0.465 e. The standard InChI is InChI=1S/C15H20N2O4/c18-14(21-11-12-6-2-1-3-7-12)16-10-13-8-4-5-9-17(13)15(19)20/h1-3,6-7,13H,4-5,8-11H2,(H,16,18)(H,19,20). The van der Waals surface area contributed by atoms with Gasteiger partial charge >= 0.3 is 12.2 Å². The highest BCUT2D eigenvalue weighted by Gasteiger charge is 2.26. The number of likely N-dealkylation sites (tertiary alicyclic amines) is 1. The monoisotopic (exact) mass is 292 g/mol. The highest BCUT2D eigenvalue weighted by atomic mass is 16.5. The molecule has 1 saturated heterocycles. The van der Waals surface area contributed by atoms with Crippen LogP contribution in [0.15, 0.2) is 30.3 Å². The quantitative estimate of drug-likeness (QED) is 0.893. The zero-order chi connectivity index (χ0) is 15.1. The average molecular weight is 292 g/mol. The Hall–Kier alpha value is -2.24. The fraction of sp³-hybridized carbons (Fsp3) is 0.467. The Morgan fingerprint density at radius 3 is 2.76 bits per heavy atom. The predicted molar refractivity (Wildman–Crippen MR) is 77.0 cm³/mol. The maximum atomic E-state index is 11.6. The van der Waals surface area contributed by atoms with Crippen LogP contribution in [0.4, 0.5) is 9.59 Å². The van der Waals surface area contributed by atoms with Gasteiger partial charge in [0.05, 0.1) is 6.04 Å². The number of ether oxygens (including phenoxy) is 1. The van der Waals surface area contributed by atoms with Gasteiger partial charge in [-0.05, 0) is 24.8 Å². The van der Waals surface area contributed by atoms with E-state index in [-0.39, 0.29) is 12.6 Å². The Bertz CT molecular complexity index is 478. The van der Waals surface area contributed by atoms with Gasteiger partial charge in [0, 0.05) is 13.1 Å². The van der Waals surface area contributed by atoms with Crippen molar-refractivity contribution in [2.24, 2.45) is 0 Å². The SMILES string of the molecule is O=C(NCC1CCCCN1C(=O)O)OCc1ccccc1. The van der Waals surface area contributed by atoms with Gasteiger partial charge in [-0.2, -0.15) is 0 Å². The molecule has 0 saturated carbocycles. The molecule has 114 valence electrons. The highest BCUT2D eigenvalue weighted by Crippen LogP contribution is 2.16. The number of hydrogen-bond acceptors (Lipinski definition) is 3. The first-order valence-corrected chi connectivity index (χ1v) is 7.11. The molecule has 2 rings (SSSR count). The molecule has 6 heteroatoms. The number of carboxylic acid groups (broad SMARTS) is 1. The number of nitrogens with zero attached hydrogens (tertiary/aromatic N) is 1. The Labute approximate surface area is 123 Å². The van der Waals surface area contributed by atoms with Crippen molar-refractivity contribution in [3.63, 3.8) is 0 Å². The molecule has 1 aromatic rings. The Morgan fingerprint density at radius 1 is 1.29 bits per heavy atom. The fourth-order valence-corrected chi connectivity index (χ4v) is 2.44. The maximum absolute atomic E-state index is 11.6. The zero-order valence-electron chi connectivity index (χ0n) is 11.8. The molecule has 0 aromatic heterocycles. The third-order valence-electron chi connectivity index (χ3n) is 3.57. The Morgan fingerprint density at radius 2 is 2.05 bits per heavy atom. The summed E-state index contributed by atoms with van der Waals surface area (Å²) in [5.74, 6) is 0. The number of carbonyl (C=O) groups is 2. The summed E-state index contributed by atoms with van der Waals surface area (Å²) >= 11 is 0. The summed E-state index contributed by atoms with van der Waals surface area (Å²) in [6, 6.07) is 9.24. The van der Waals surface area contributed by atoms with Crippen LogP contribution < -0.4 is 5.32 Å². The summed E-state index contributed by atoms with van der Waals surface area (Å²) in [5.41, 5.74) is 0.914. The van der Waals surface area contributed by atoms with Crippen molar-refractivity contribution in [3.8, 4) is 0 Å². The molecule has 6 nitrogen and oxygen atoms in total. The molecule has 0 spiro atoms. The topological polar surface area (TPSA) is 78.9 Å². The summed E-state index contributed by atoms with van der Waals surface area (Å²) < 4.78 is 5.10. The molecule has 0 aliphatic carbocycles. The lowest BCUT2D eigenvalue weighted by atomic mass is 10.0. The molecule has 1 aliphatic heterocycles. The average Bonchev–Trinajstić information content (AvgIpc) is 2.52. The number of piperidine rings is 1. The Kier molecular flexibility index (Phi) is 5.43. The third-order valence-corrected chi connectivity index (χ3v) is 3.57. The normalized spacial score (nSPS) is 18.1. The first-order valence-electron chi connectivity index (χ1n) is 7.11. The summed E-state index contributed by atoms with van der Waals surface area (Å²) in [5, 5.41) is 11.7. The molecule has 0 bridgehead atoms. The summed E-state index contributed by atoms with van der Waals surface area (Å²) in [7, 11) is 0. The second-order valence-corrected chi connectivity index (χ2v) is 5.07. The van der Waals surface area contributed by atoms with Crippen molar-refractivity contribution in [2.45, 2.75) is 31.9 Å². The van der Waals surface area contributed by atoms with Crippen LogP contribution in [-0.2, 0) is 11.3 Å². The molecule has 21 heavy (non-hydrogen) atoms. The van der Waals surface area contributed by atoms with Crippen molar-refractivity contribution in [2.75, 3.05) is 13.1 Å². The van der Waals surface area contributed by atoms with Crippen LogP contribution >= 0.6 is 0 Å². The Balaban J connectivity index is 1.74. The molecule has 2 amide bonds. The summed E-state index contributed by atoms with van der Waals surface area (Å²) in [6.07, 6.45) is 1.18. The summed E-state index contributed by atoms with van der Waals surface area (Å²) in [6.45, 7) is 1.03. The molecule has 1 heterocycles. The first kappa shape index (κ1) is 15.2. The van der Waals surface area contributed by atoms with Crippen LogP contribution in [0.1, 0.15) is 24.8 Å². The predicted octanol–water partition coefficient (Wildman–Crippen LogP) is 2.45. The number of alkyl carbamates (subject to hydrolysis) is 1. The number of rotatable bonds is 4. The molecule has 2 N–H and O–H groups in total. The zero-order valence-corrected chi connectivity index (χ0v) is 11.8. The van der Waals surface area contributed by atoms with E-state index in [9.17, 15) is 9.59 Å². The van der Waals surface area contributed by atoms with E-state index in [4.69, 9.17) is 9.84 Å². The van der Waals surface area contributed by atoms with E-state index in [0.717, 1.165) is 24.8 Å². The number of benzene rings is 1. The lowest BCUT2D eigenvalue weighted by molar-refractivity contribution is 0.101. The van der Waals surface area contributed by atoms with Gasteiger partial charge in [-0.1, -0.05) is 30.3 Å². The van der Waals surface area contributed by atoms with Crippen molar-refractivity contribution in [3.05, 3.63) is 35.9 Å². The molecule has 1 aromatic carbocycles. The molecule has 1 unspecified atom stereocenters. The van der Waals surface area contributed by atoms with Gasteiger partial charge in [0.25, 0.3) is 0 Å². The first-order chi connectivity index (χ1) is 10.2. The van der Waals surface area contributed by atoms with E-state index in [1.807, 2.05) is 30.3 Å². The molecule has 0 radical (unpaired) electrons. The molecular formula is C15H20N2O4. The second kappa shape index (κ2) is 7.52. The van der Waals surface area contributed by atoms with Gasteiger partial charge in [-0.25, -0.2) is 9.59 Å². The molecule has 1 fully saturated rings. The number of amides is 2. The number of hydrogen-bond donors (Lipinski definition) is 2. The van der Waals surface area contributed by atoms with E-state index in [1.54, 1.807) is 0 Å². The number of nitrogens with one attached hydrogen (secondary N) is 1. The van der Waals surface area contributed by atoms with E-state index in [1.165, 1.54) is 4.90 Å². The smallest absolute Gasteiger partial charge is 0.407 e. The van der Waals surface area contributed by atoms with Gasteiger partial charge in [0.2, 0.25) is 0 Å². The number of carbonyl (C=O) groups excluding carboxylic acids is 1. The van der Waals surface area contributed by atoms with Gasteiger partial charge in [-0.3, -0.25) is 0 Å². The van der Waals surface area contributed by atoms with Crippen molar-refractivity contribution in [1.82, 2.24) is 10.2 Å². The lowest BCUT2D eigenvalue weighted by Gasteiger charge is -2.33. The summed E-state index contributed by atoms with van der Waals surface area (Å²) in [4.78, 5) is 24.1. The van der Waals surface area contributed by atoms with E-state index >= 15 is 0 Å². The van der Waals surface area contributed by atoms with Crippen LogP contribution in [0.5, 0.6) is 0 Å². The maximum Gasteiger partial charge on any atom is 0.407 e. The third kappa shape index (κ3) is 4.66. The van der Waals surface area contributed by atoms with Crippen molar-refractivity contribution >= 4 is 12.2 Å². The second-order valence-electron chi connectivity index (χ2n) is 5.07. The largest absolute Gasteiger partial charge is 0.465 e.